The molecule has 6 heteroatoms. The van der Waals surface area contributed by atoms with Crippen LogP contribution in [0.15, 0.2) is 41.5 Å². The number of thiophene rings is 1. The normalized spacial score (nSPS) is 16.5. The molecule has 1 amide bonds. The number of hydrogen-bond acceptors (Lipinski definition) is 4. The molecule has 0 radical (unpaired) electrons. The monoisotopic (exact) mass is 423 g/mol. The minimum absolute atomic E-state index is 0.0122. The van der Waals surface area contributed by atoms with E-state index in [1.54, 1.807) is 34.2 Å². The molecule has 2 aromatic heterocycles. The van der Waals surface area contributed by atoms with E-state index in [9.17, 15) is 9.59 Å². The van der Waals surface area contributed by atoms with Crippen molar-refractivity contribution in [2.75, 3.05) is 11.9 Å². The molecule has 3 aromatic rings. The minimum Gasteiger partial charge on any atom is -0.315 e. The lowest BCUT2D eigenvalue weighted by molar-refractivity contribution is -0.118. The highest BCUT2D eigenvalue weighted by Crippen LogP contribution is 2.41. The quantitative estimate of drug-likeness (QED) is 0.613. The molecule has 0 saturated carbocycles. The van der Waals surface area contributed by atoms with Crippen LogP contribution in [0.25, 0.3) is 10.2 Å². The topological polar surface area (TPSA) is 55.2 Å². The summed E-state index contributed by atoms with van der Waals surface area (Å²) < 4.78 is 1.60. The Morgan fingerprint density at radius 2 is 2.00 bits per heavy atom. The van der Waals surface area contributed by atoms with E-state index in [0.717, 1.165) is 35.2 Å². The van der Waals surface area contributed by atoms with Crippen molar-refractivity contribution >= 4 is 33.1 Å². The fourth-order valence-corrected chi connectivity index (χ4v) is 5.54. The summed E-state index contributed by atoms with van der Waals surface area (Å²) in [7, 11) is 1.77. The van der Waals surface area contributed by atoms with Gasteiger partial charge in [0.05, 0.1) is 11.7 Å². The number of carbonyl (C=O) groups is 1. The summed E-state index contributed by atoms with van der Waals surface area (Å²) in [5.74, 6) is 0.611. The van der Waals surface area contributed by atoms with Gasteiger partial charge in [-0.3, -0.25) is 14.2 Å². The van der Waals surface area contributed by atoms with Gasteiger partial charge < -0.3 is 4.90 Å². The summed E-state index contributed by atoms with van der Waals surface area (Å²) in [6.07, 6.45) is 4.94. The third-order valence-corrected chi connectivity index (χ3v) is 7.51. The van der Waals surface area contributed by atoms with Crippen molar-refractivity contribution in [1.29, 1.82) is 0 Å². The molecule has 0 saturated heterocycles. The average Bonchev–Trinajstić information content (AvgIpc) is 3.11. The number of nitrogens with zero attached hydrogens (tertiary/aromatic N) is 3. The molecule has 4 rings (SSSR count). The highest BCUT2D eigenvalue weighted by atomic mass is 32.1. The largest absolute Gasteiger partial charge is 0.315 e. The molecule has 5 nitrogen and oxygen atoms in total. The van der Waals surface area contributed by atoms with E-state index in [-0.39, 0.29) is 23.3 Å². The van der Waals surface area contributed by atoms with Gasteiger partial charge in [0.2, 0.25) is 5.91 Å². The lowest BCUT2D eigenvalue weighted by Gasteiger charge is -2.33. The molecule has 1 aliphatic rings. The first-order chi connectivity index (χ1) is 14.3. The molecule has 0 aliphatic heterocycles. The van der Waals surface area contributed by atoms with Crippen molar-refractivity contribution in [2.24, 2.45) is 11.3 Å². The summed E-state index contributed by atoms with van der Waals surface area (Å²) in [5.41, 5.74) is 2.30. The number of fused-ring (bicyclic) bond motifs is 3. The first kappa shape index (κ1) is 20.8. The zero-order valence-corrected chi connectivity index (χ0v) is 19.0. The smallest absolute Gasteiger partial charge is 0.262 e. The van der Waals surface area contributed by atoms with E-state index in [1.807, 2.05) is 30.3 Å². The van der Waals surface area contributed by atoms with Crippen molar-refractivity contribution in [2.45, 2.75) is 53.0 Å². The lowest BCUT2D eigenvalue weighted by atomic mass is 9.72. The molecule has 30 heavy (non-hydrogen) atoms. The first-order valence-electron chi connectivity index (χ1n) is 10.6. The molecule has 0 fully saturated rings. The van der Waals surface area contributed by atoms with Crippen LogP contribution in [-0.4, -0.2) is 22.5 Å². The number of rotatable bonds is 4. The second-order valence-electron chi connectivity index (χ2n) is 9.27. The Balaban J connectivity index is 1.55. The number of para-hydroxylation sites is 1. The molecule has 158 valence electrons. The maximum Gasteiger partial charge on any atom is 0.262 e. The van der Waals surface area contributed by atoms with E-state index in [1.165, 1.54) is 10.4 Å². The van der Waals surface area contributed by atoms with Crippen molar-refractivity contribution in [1.82, 2.24) is 9.55 Å². The Hall–Kier alpha value is -2.47. The number of amides is 1. The predicted molar refractivity (Wildman–Crippen MR) is 123 cm³/mol. The van der Waals surface area contributed by atoms with Crippen molar-refractivity contribution in [3.63, 3.8) is 0 Å². The van der Waals surface area contributed by atoms with Crippen LogP contribution in [0.3, 0.4) is 0 Å². The van der Waals surface area contributed by atoms with Gasteiger partial charge in [-0.15, -0.1) is 11.3 Å². The Morgan fingerprint density at radius 1 is 1.27 bits per heavy atom. The summed E-state index contributed by atoms with van der Waals surface area (Å²) in [4.78, 5) is 34.2. The summed E-state index contributed by atoms with van der Waals surface area (Å²) in [6, 6.07) is 9.55. The highest BCUT2D eigenvalue weighted by molar-refractivity contribution is 7.18. The van der Waals surface area contributed by atoms with Crippen LogP contribution in [0.2, 0.25) is 0 Å². The van der Waals surface area contributed by atoms with Gasteiger partial charge in [0, 0.05) is 30.6 Å². The molecule has 1 atom stereocenters. The number of anilines is 1. The minimum atomic E-state index is -0.0198. The van der Waals surface area contributed by atoms with Crippen LogP contribution in [-0.2, 0) is 24.2 Å². The number of aromatic nitrogens is 2. The predicted octanol–water partition coefficient (Wildman–Crippen LogP) is 4.66. The van der Waals surface area contributed by atoms with Crippen LogP contribution in [0.4, 0.5) is 5.69 Å². The highest BCUT2D eigenvalue weighted by Gasteiger charge is 2.31. The van der Waals surface area contributed by atoms with Gasteiger partial charge >= 0.3 is 0 Å². The third kappa shape index (κ3) is 3.93. The molecule has 2 heterocycles. The molecule has 0 N–H and O–H groups in total. The standard InChI is InChI=1S/C24H29N3O2S/c1-24(2,3)16-10-11-18-19(14-16)30-22-21(18)23(29)27(15-25-22)13-12-20(28)26(4)17-8-6-5-7-9-17/h5-9,15-16H,10-14H2,1-4H3. The molecule has 1 unspecified atom stereocenters. The van der Waals surface area contributed by atoms with Crippen molar-refractivity contribution in [3.05, 3.63) is 57.5 Å². The fraction of sp³-hybridized carbons (Fsp3) is 0.458. The second kappa shape index (κ2) is 7.99. The molecule has 1 aromatic carbocycles. The number of carbonyl (C=O) groups excluding carboxylic acids is 1. The van der Waals surface area contributed by atoms with Crippen LogP contribution in [0, 0.1) is 11.3 Å². The van der Waals surface area contributed by atoms with Crippen LogP contribution < -0.4 is 10.5 Å². The maximum atomic E-state index is 13.2. The van der Waals surface area contributed by atoms with Gasteiger partial charge in [-0.1, -0.05) is 39.0 Å². The number of hydrogen-bond donors (Lipinski definition) is 0. The van der Waals surface area contributed by atoms with Crippen LogP contribution >= 0.6 is 11.3 Å². The number of benzene rings is 1. The van der Waals surface area contributed by atoms with Gasteiger partial charge in [-0.25, -0.2) is 4.98 Å². The second-order valence-corrected chi connectivity index (χ2v) is 10.4. The number of aryl methyl sites for hydroxylation is 2. The third-order valence-electron chi connectivity index (χ3n) is 6.34. The van der Waals surface area contributed by atoms with Gasteiger partial charge in [-0.05, 0) is 48.3 Å². The average molecular weight is 424 g/mol. The van der Waals surface area contributed by atoms with E-state index < -0.39 is 0 Å². The molecule has 0 spiro atoms. The van der Waals surface area contributed by atoms with E-state index in [0.29, 0.717) is 12.5 Å². The Bertz CT molecular complexity index is 1130. The maximum absolute atomic E-state index is 13.2. The Labute approximate surface area is 181 Å². The lowest BCUT2D eigenvalue weighted by Crippen LogP contribution is -2.29. The van der Waals surface area contributed by atoms with Gasteiger partial charge in [0.15, 0.2) is 0 Å². The van der Waals surface area contributed by atoms with E-state index in [2.05, 4.69) is 25.8 Å². The van der Waals surface area contributed by atoms with Crippen LogP contribution in [0.5, 0.6) is 0 Å². The Morgan fingerprint density at radius 3 is 2.70 bits per heavy atom. The summed E-state index contributed by atoms with van der Waals surface area (Å²) in [6.45, 7) is 7.23. The van der Waals surface area contributed by atoms with Crippen molar-refractivity contribution in [3.8, 4) is 0 Å². The van der Waals surface area contributed by atoms with E-state index >= 15 is 0 Å². The zero-order chi connectivity index (χ0) is 21.5. The summed E-state index contributed by atoms with van der Waals surface area (Å²) in [5, 5.41) is 0.772. The molecular formula is C24H29N3O2S. The summed E-state index contributed by atoms with van der Waals surface area (Å²) >= 11 is 1.67. The SMILES string of the molecule is CN(C(=O)CCn1cnc2sc3c(c2c1=O)CCC(C(C)(C)C)C3)c1ccccc1. The fourth-order valence-electron chi connectivity index (χ4n) is 4.28. The van der Waals surface area contributed by atoms with E-state index in [4.69, 9.17) is 0 Å². The molecule has 1 aliphatic carbocycles. The Kier molecular flexibility index (Phi) is 5.53. The van der Waals surface area contributed by atoms with Gasteiger partial charge in [-0.2, -0.15) is 0 Å². The first-order valence-corrected chi connectivity index (χ1v) is 11.4. The van der Waals surface area contributed by atoms with Gasteiger partial charge in [0.1, 0.15) is 4.83 Å². The molecule has 0 bridgehead atoms. The molecular weight excluding hydrogens is 394 g/mol. The zero-order valence-electron chi connectivity index (χ0n) is 18.1. The van der Waals surface area contributed by atoms with Gasteiger partial charge in [0.25, 0.3) is 5.56 Å². The van der Waals surface area contributed by atoms with Crippen molar-refractivity contribution < 1.29 is 4.79 Å². The van der Waals surface area contributed by atoms with Crippen LogP contribution in [0.1, 0.15) is 44.1 Å².